The summed E-state index contributed by atoms with van der Waals surface area (Å²) in [5, 5.41) is 4.63. The molecule has 1 amide bonds. The molecule has 1 aliphatic carbocycles. The van der Waals surface area contributed by atoms with Crippen molar-refractivity contribution in [1.29, 1.82) is 0 Å². The van der Waals surface area contributed by atoms with Gasteiger partial charge in [0.25, 0.3) is 0 Å². The third-order valence-corrected chi connectivity index (χ3v) is 5.77. The minimum Gasteiger partial charge on any atom is -0.444 e. The molecule has 2 aliphatic rings. The van der Waals surface area contributed by atoms with Crippen LogP contribution in [0.3, 0.4) is 0 Å². The van der Waals surface area contributed by atoms with Gasteiger partial charge in [0, 0.05) is 30.4 Å². The molecule has 0 bridgehead atoms. The average molecular weight is 329 g/mol. The molecule has 0 spiro atoms. The maximum Gasteiger partial charge on any atom is 0.410 e. The fourth-order valence-electron chi connectivity index (χ4n) is 3.43. The normalized spacial score (nSPS) is 27.7. The first-order chi connectivity index (χ1) is 10.4. The lowest BCUT2D eigenvalue weighted by Crippen LogP contribution is -2.51. The van der Waals surface area contributed by atoms with Crippen LogP contribution in [0.2, 0.25) is 0 Å². The number of hydrogen-bond acceptors (Lipinski definition) is 4. The van der Waals surface area contributed by atoms with Crippen LogP contribution in [0.5, 0.6) is 0 Å². The molecule has 128 valence electrons. The highest BCUT2D eigenvalue weighted by atomic mass is 32.2. The van der Waals surface area contributed by atoms with Crippen LogP contribution in [-0.4, -0.2) is 53.3 Å². The van der Waals surface area contributed by atoms with Crippen molar-refractivity contribution in [1.82, 2.24) is 10.2 Å². The lowest BCUT2D eigenvalue weighted by Gasteiger charge is -2.38. The summed E-state index contributed by atoms with van der Waals surface area (Å²) >= 11 is 2.01. The van der Waals surface area contributed by atoms with Crippen LogP contribution < -0.4 is 5.32 Å². The van der Waals surface area contributed by atoms with Gasteiger partial charge in [-0.15, -0.1) is 0 Å². The minimum absolute atomic E-state index is 0.161. The smallest absolute Gasteiger partial charge is 0.410 e. The summed E-state index contributed by atoms with van der Waals surface area (Å²) < 4.78 is 5.46. The quantitative estimate of drug-likeness (QED) is 0.858. The second-order valence-electron chi connectivity index (χ2n) is 7.57. The molecule has 1 heterocycles. The zero-order valence-corrected chi connectivity index (χ0v) is 15.4. The van der Waals surface area contributed by atoms with Gasteiger partial charge in [0.15, 0.2) is 0 Å². The second kappa shape index (κ2) is 7.91. The van der Waals surface area contributed by atoms with E-state index >= 15 is 0 Å². The van der Waals surface area contributed by atoms with Crippen molar-refractivity contribution in [3.8, 4) is 0 Å². The van der Waals surface area contributed by atoms with E-state index in [1.54, 1.807) is 0 Å². The van der Waals surface area contributed by atoms with Crippen LogP contribution >= 0.6 is 11.8 Å². The molecule has 1 saturated heterocycles. The minimum atomic E-state index is -0.403. The molecule has 1 saturated carbocycles. The summed E-state index contributed by atoms with van der Waals surface area (Å²) in [6, 6.07) is 1.21. The van der Waals surface area contributed by atoms with Crippen molar-refractivity contribution < 1.29 is 9.53 Å². The van der Waals surface area contributed by atoms with Crippen molar-refractivity contribution in [2.45, 2.75) is 82.2 Å². The molecule has 4 nitrogen and oxygen atoms in total. The number of likely N-dealkylation sites (tertiary alicyclic amines) is 1. The Morgan fingerprint density at radius 2 is 1.77 bits per heavy atom. The largest absolute Gasteiger partial charge is 0.444 e. The number of carbonyl (C=O) groups excluding carboxylic acids is 1. The van der Waals surface area contributed by atoms with Crippen molar-refractivity contribution >= 4 is 17.9 Å². The molecule has 0 aromatic rings. The Balaban J connectivity index is 1.76. The molecule has 2 fully saturated rings. The van der Waals surface area contributed by atoms with Crippen LogP contribution in [0.4, 0.5) is 4.79 Å². The average Bonchev–Trinajstić information content (AvgIpc) is 2.47. The zero-order chi connectivity index (χ0) is 16.2. The van der Waals surface area contributed by atoms with Gasteiger partial charge < -0.3 is 15.0 Å². The number of piperidine rings is 1. The van der Waals surface area contributed by atoms with Crippen LogP contribution in [-0.2, 0) is 4.74 Å². The highest BCUT2D eigenvalue weighted by Crippen LogP contribution is 2.28. The number of carbonyl (C=O) groups is 1. The molecule has 0 aromatic heterocycles. The van der Waals surface area contributed by atoms with E-state index in [-0.39, 0.29) is 6.09 Å². The van der Waals surface area contributed by atoms with E-state index in [0.29, 0.717) is 12.1 Å². The third-order valence-electron chi connectivity index (χ3n) is 4.60. The molecular weight excluding hydrogens is 296 g/mol. The molecule has 1 aliphatic heterocycles. The monoisotopic (exact) mass is 328 g/mol. The van der Waals surface area contributed by atoms with E-state index in [2.05, 4.69) is 11.6 Å². The second-order valence-corrected chi connectivity index (χ2v) is 8.65. The van der Waals surface area contributed by atoms with Gasteiger partial charge in [-0.3, -0.25) is 0 Å². The highest BCUT2D eigenvalue weighted by Gasteiger charge is 2.30. The Kier molecular flexibility index (Phi) is 6.45. The maximum atomic E-state index is 12.1. The molecule has 2 unspecified atom stereocenters. The number of thioether (sulfide) groups is 1. The molecule has 0 aromatic carbocycles. The first-order valence-corrected chi connectivity index (χ1v) is 9.94. The number of rotatable bonds is 3. The van der Waals surface area contributed by atoms with Gasteiger partial charge in [-0.25, -0.2) is 4.79 Å². The van der Waals surface area contributed by atoms with E-state index in [0.717, 1.165) is 31.2 Å². The number of hydrogen-bond donors (Lipinski definition) is 1. The van der Waals surface area contributed by atoms with E-state index in [9.17, 15) is 4.79 Å². The molecular formula is C17H32N2O2S. The van der Waals surface area contributed by atoms with Gasteiger partial charge >= 0.3 is 6.09 Å². The molecule has 2 rings (SSSR count). The summed E-state index contributed by atoms with van der Waals surface area (Å²) in [7, 11) is 0. The lowest BCUT2D eigenvalue weighted by molar-refractivity contribution is 0.0195. The van der Waals surface area contributed by atoms with Crippen molar-refractivity contribution in [2.75, 3.05) is 19.3 Å². The Hall–Kier alpha value is -0.420. The Morgan fingerprint density at radius 3 is 2.36 bits per heavy atom. The molecule has 22 heavy (non-hydrogen) atoms. The van der Waals surface area contributed by atoms with Crippen LogP contribution in [0.25, 0.3) is 0 Å². The Labute approximate surface area is 139 Å². The fourth-order valence-corrected chi connectivity index (χ4v) is 4.37. The number of ether oxygens (including phenoxy) is 1. The third kappa shape index (κ3) is 5.34. The van der Waals surface area contributed by atoms with E-state index in [4.69, 9.17) is 4.74 Å². The molecule has 5 heteroatoms. The molecule has 1 N–H and O–H groups in total. The van der Waals surface area contributed by atoms with E-state index < -0.39 is 5.60 Å². The van der Waals surface area contributed by atoms with E-state index in [1.165, 1.54) is 25.7 Å². The molecule has 0 radical (unpaired) electrons. The van der Waals surface area contributed by atoms with Crippen LogP contribution in [0, 0.1) is 0 Å². The first-order valence-electron chi connectivity index (χ1n) is 8.66. The fraction of sp³-hybridized carbons (Fsp3) is 0.941. The highest BCUT2D eigenvalue weighted by molar-refractivity contribution is 7.99. The van der Waals surface area contributed by atoms with E-state index in [1.807, 2.05) is 37.4 Å². The summed E-state index contributed by atoms with van der Waals surface area (Å²) in [6.07, 6.45) is 9.52. The standard InChI is InChI=1S/C17H32N2O2S/c1-17(2,3)21-16(20)19-11-9-13(10-12-19)18-14-7-5-6-8-15(14)22-4/h13-15,18H,5-12H2,1-4H3. The first kappa shape index (κ1) is 17.9. The van der Waals surface area contributed by atoms with Gasteiger partial charge in [-0.05, 0) is 52.7 Å². The SMILES string of the molecule is CSC1CCCCC1NC1CCN(C(=O)OC(C)(C)C)CC1. The van der Waals surface area contributed by atoms with Gasteiger partial charge in [-0.2, -0.15) is 11.8 Å². The van der Waals surface area contributed by atoms with Gasteiger partial charge in [0.05, 0.1) is 0 Å². The number of amides is 1. The van der Waals surface area contributed by atoms with Crippen molar-refractivity contribution in [3.05, 3.63) is 0 Å². The Morgan fingerprint density at radius 1 is 1.14 bits per heavy atom. The molecule has 2 atom stereocenters. The topological polar surface area (TPSA) is 41.6 Å². The van der Waals surface area contributed by atoms with Crippen molar-refractivity contribution in [3.63, 3.8) is 0 Å². The predicted molar refractivity (Wildman–Crippen MR) is 93.5 cm³/mol. The lowest BCUT2D eigenvalue weighted by atomic mass is 9.93. The zero-order valence-electron chi connectivity index (χ0n) is 14.6. The van der Waals surface area contributed by atoms with Gasteiger partial charge in [-0.1, -0.05) is 12.8 Å². The summed E-state index contributed by atoms with van der Waals surface area (Å²) in [6.45, 7) is 7.38. The van der Waals surface area contributed by atoms with Gasteiger partial charge in [0.1, 0.15) is 5.60 Å². The Bertz CT molecular complexity index is 362. The summed E-state index contributed by atoms with van der Waals surface area (Å²) in [4.78, 5) is 13.9. The predicted octanol–water partition coefficient (Wildman–Crippen LogP) is 3.65. The van der Waals surface area contributed by atoms with Gasteiger partial charge in [0.2, 0.25) is 0 Å². The van der Waals surface area contributed by atoms with Crippen LogP contribution in [0.1, 0.15) is 59.3 Å². The number of nitrogens with zero attached hydrogens (tertiary/aromatic N) is 1. The van der Waals surface area contributed by atoms with Crippen LogP contribution in [0.15, 0.2) is 0 Å². The maximum absolute atomic E-state index is 12.1. The summed E-state index contributed by atoms with van der Waals surface area (Å²) in [5.41, 5.74) is -0.403. The van der Waals surface area contributed by atoms with Crippen molar-refractivity contribution in [2.24, 2.45) is 0 Å². The number of nitrogens with one attached hydrogen (secondary N) is 1. The summed E-state index contributed by atoms with van der Waals surface area (Å²) in [5.74, 6) is 0.